The van der Waals surface area contributed by atoms with Crippen LogP contribution < -0.4 is 39.6 Å². The number of anilines is 1. The van der Waals surface area contributed by atoms with Crippen molar-refractivity contribution in [2.24, 2.45) is 0 Å². The Bertz CT molecular complexity index is 324. The first-order valence-corrected chi connectivity index (χ1v) is 4.18. The minimum Gasteiger partial charge on any atom is -0.840 e. The topological polar surface area (TPSA) is 63.6 Å². The van der Waals surface area contributed by atoms with E-state index >= 15 is 0 Å². The molecule has 0 spiro atoms. The van der Waals surface area contributed by atoms with E-state index in [9.17, 15) is 9.90 Å². The molecule has 0 bridgehead atoms. The first-order valence-electron chi connectivity index (χ1n) is 4.18. The van der Waals surface area contributed by atoms with Gasteiger partial charge < -0.3 is 15.1 Å². The molecular weight excluding hydrogens is 205 g/mol. The van der Waals surface area contributed by atoms with E-state index in [0.29, 0.717) is 0 Å². The van der Waals surface area contributed by atoms with Crippen LogP contribution in [0.3, 0.4) is 0 Å². The fraction of sp³-hybridized carbons (Fsp3) is 0.300. The SMILES string of the molecule is CN(C)c1ccc(C([O-])C(=O)O)cc1.[Na+]. The maximum atomic E-state index is 11.1. The van der Waals surface area contributed by atoms with E-state index in [2.05, 4.69) is 0 Å². The van der Waals surface area contributed by atoms with Crippen LogP contribution in [0.25, 0.3) is 0 Å². The van der Waals surface area contributed by atoms with Gasteiger partial charge in [-0.3, -0.25) is 4.79 Å². The van der Waals surface area contributed by atoms with Gasteiger partial charge >= 0.3 is 29.6 Å². The molecule has 0 amide bonds. The van der Waals surface area contributed by atoms with Crippen molar-refractivity contribution in [3.8, 4) is 0 Å². The van der Waals surface area contributed by atoms with E-state index in [1.54, 1.807) is 24.3 Å². The molecule has 1 atom stereocenters. The standard InChI is InChI=1S/C10H12NO3.Na/c1-11(2)8-5-3-7(4-6-8)9(12)10(13)14;/h3-6,9H,1-2H3,(H,13,14);/q-1;+1. The Labute approximate surface area is 111 Å². The molecule has 1 aromatic rings. The fourth-order valence-electron chi connectivity index (χ4n) is 1.09. The maximum Gasteiger partial charge on any atom is 1.00 e. The summed E-state index contributed by atoms with van der Waals surface area (Å²) in [6.45, 7) is 0. The summed E-state index contributed by atoms with van der Waals surface area (Å²) in [6.07, 6.45) is -1.69. The second-order valence-electron chi connectivity index (χ2n) is 3.20. The number of carboxylic acid groups (broad SMARTS) is 1. The molecule has 15 heavy (non-hydrogen) atoms. The smallest absolute Gasteiger partial charge is 0.840 e. The molecule has 1 rings (SSSR count). The molecule has 5 heteroatoms. The third-order valence-corrected chi connectivity index (χ3v) is 1.94. The summed E-state index contributed by atoms with van der Waals surface area (Å²) in [4.78, 5) is 12.3. The molecule has 0 saturated carbocycles. The van der Waals surface area contributed by atoms with Crippen LogP contribution in [0.1, 0.15) is 11.7 Å². The van der Waals surface area contributed by atoms with Crippen molar-refractivity contribution in [2.75, 3.05) is 19.0 Å². The zero-order chi connectivity index (χ0) is 10.7. The van der Waals surface area contributed by atoms with Crippen LogP contribution in [0.4, 0.5) is 5.69 Å². The van der Waals surface area contributed by atoms with Gasteiger partial charge in [0.2, 0.25) is 0 Å². The predicted octanol–water partition coefficient (Wildman–Crippen LogP) is -2.76. The Hall–Kier alpha value is -0.550. The first-order chi connectivity index (χ1) is 6.52. The largest absolute Gasteiger partial charge is 1.00 e. The van der Waals surface area contributed by atoms with Gasteiger partial charge in [0, 0.05) is 25.9 Å². The molecule has 0 saturated heterocycles. The van der Waals surface area contributed by atoms with Gasteiger partial charge in [-0.1, -0.05) is 17.7 Å². The van der Waals surface area contributed by atoms with Crippen LogP contribution in [-0.4, -0.2) is 25.2 Å². The summed E-state index contributed by atoms with van der Waals surface area (Å²) in [5.41, 5.74) is 1.22. The van der Waals surface area contributed by atoms with Gasteiger partial charge in [0.1, 0.15) is 0 Å². The number of aliphatic carboxylic acids is 1. The predicted molar refractivity (Wildman–Crippen MR) is 51.1 cm³/mol. The second kappa shape index (κ2) is 6.12. The van der Waals surface area contributed by atoms with Crippen molar-refractivity contribution in [1.82, 2.24) is 0 Å². The second-order valence-corrected chi connectivity index (χ2v) is 3.20. The summed E-state index contributed by atoms with van der Waals surface area (Å²) in [5, 5.41) is 19.6. The van der Waals surface area contributed by atoms with Gasteiger partial charge in [0.25, 0.3) is 5.97 Å². The van der Waals surface area contributed by atoms with Gasteiger partial charge in [-0.25, -0.2) is 0 Å². The monoisotopic (exact) mass is 217 g/mol. The number of carboxylic acids is 1. The van der Waals surface area contributed by atoms with Crippen molar-refractivity contribution in [3.63, 3.8) is 0 Å². The Balaban J connectivity index is 0.00000196. The van der Waals surface area contributed by atoms with Crippen LogP contribution in [0.2, 0.25) is 0 Å². The van der Waals surface area contributed by atoms with Gasteiger partial charge in [0.05, 0.1) is 0 Å². The molecule has 0 aliphatic rings. The molecule has 0 aliphatic carbocycles. The Morgan fingerprint density at radius 2 is 1.80 bits per heavy atom. The van der Waals surface area contributed by atoms with Crippen LogP contribution in [0.15, 0.2) is 24.3 Å². The minimum absolute atomic E-state index is 0. The Kier molecular flexibility index (Phi) is 5.90. The molecule has 1 unspecified atom stereocenters. The molecule has 0 heterocycles. The summed E-state index contributed by atoms with van der Waals surface area (Å²) in [7, 11) is 3.75. The molecule has 76 valence electrons. The average molecular weight is 217 g/mol. The van der Waals surface area contributed by atoms with E-state index < -0.39 is 12.1 Å². The fourth-order valence-corrected chi connectivity index (χ4v) is 1.09. The average Bonchev–Trinajstić information content (AvgIpc) is 2.16. The molecule has 0 aliphatic heterocycles. The summed E-state index contributed by atoms with van der Waals surface area (Å²) in [5.74, 6) is -1.34. The van der Waals surface area contributed by atoms with E-state index in [1.807, 2.05) is 19.0 Å². The number of benzene rings is 1. The Morgan fingerprint density at radius 3 is 2.13 bits per heavy atom. The quantitative estimate of drug-likeness (QED) is 0.557. The first kappa shape index (κ1) is 14.5. The molecule has 0 fully saturated rings. The zero-order valence-corrected chi connectivity index (χ0v) is 11.1. The van der Waals surface area contributed by atoms with Crippen molar-refractivity contribution in [1.29, 1.82) is 0 Å². The van der Waals surface area contributed by atoms with Crippen molar-refractivity contribution in [2.45, 2.75) is 6.10 Å². The third-order valence-electron chi connectivity index (χ3n) is 1.94. The summed E-state index contributed by atoms with van der Waals surface area (Å²) >= 11 is 0. The molecule has 0 aromatic heterocycles. The van der Waals surface area contributed by atoms with Gasteiger partial charge in [-0.2, -0.15) is 0 Å². The number of hydrogen-bond acceptors (Lipinski definition) is 3. The van der Waals surface area contributed by atoms with Crippen LogP contribution >= 0.6 is 0 Å². The zero-order valence-electron chi connectivity index (χ0n) is 9.10. The molecule has 1 aromatic carbocycles. The summed E-state index contributed by atoms with van der Waals surface area (Å²) in [6, 6.07) is 6.54. The number of hydrogen-bond donors (Lipinski definition) is 1. The van der Waals surface area contributed by atoms with E-state index in [1.165, 1.54) is 0 Å². The molecule has 1 N–H and O–H groups in total. The van der Waals surface area contributed by atoms with E-state index in [4.69, 9.17) is 5.11 Å². The Morgan fingerprint density at radius 1 is 1.33 bits per heavy atom. The van der Waals surface area contributed by atoms with Crippen LogP contribution in [-0.2, 0) is 4.79 Å². The third kappa shape index (κ3) is 3.83. The van der Waals surface area contributed by atoms with E-state index in [-0.39, 0.29) is 35.1 Å². The molecule has 0 radical (unpaired) electrons. The minimum atomic E-state index is -1.69. The maximum absolute atomic E-state index is 11.1. The molecular formula is C10H12NNaO3. The van der Waals surface area contributed by atoms with Crippen LogP contribution in [0, 0.1) is 0 Å². The molecule has 4 nitrogen and oxygen atoms in total. The van der Waals surface area contributed by atoms with E-state index in [0.717, 1.165) is 5.69 Å². The normalized spacial score (nSPS) is 11.4. The van der Waals surface area contributed by atoms with Crippen molar-refractivity contribution < 1.29 is 44.6 Å². The number of rotatable bonds is 3. The van der Waals surface area contributed by atoms with Crippen LogP contribution in [0.5, 0.6) is 0 Å². The van der Waals surface area contributed by atoms with Crippen molar-refractivity contribution in [3.05, 3.63) is 29.8 Å². The summed E-state index contributed by atoms with van der Waals surface area (Å²) < 4.78 is 0. The number of carbonyl (C=O) groups is 1. The number of nitrogens with zero attached hydrogens (tertiary/aromatic N) is 1. The van der Waals surface area contributed by atoms with Gasteiger partial charge in [-0.05, 0) is 12.1 Å². The van der Waals surface area contributed by atoms with Crippen molar-refractivity contribution >= 4 is 11.7 Å². The van der Waals surface area contributed by atoms with Gasteiger partial charge in [-0.15, -0.1) is 0 Å². The van der Waals surface area contributed by atoms with Gasteiger partial charge in [0.15, 0.2) is 0 Å².